The van der Waals surface area contributed by atoms with E-state index in [1.54, 1.807) is 6.07 Å². The number of nitrogens with two attached hydrogens (primary N) is 1. The van der Waals surface area contributed by atoms with Crippen LogP contribution in [0.25, 0.3) is 0 Å². The van der Waals surface area contributed by atoms with Crippen molar-refractivity contribution in [2.75, 3.05) is 6.54 Å². The topological polar surface area (TPSA) is 46.2 Å². The molecule has 0 saturated carbocycles. The third kappa shape index (κ3) is 1.98. The van der Waals surface area contributed by atoms with E-state index in [9.17, 15) is 4.39 Å². The summed E-state index contributed by atoms with van der Waals surface area (Å²) >= 11 is 0. The summed E-state index contributed by atoms with van der Waals surface area (Å²) in [6, 6.07) is 4.36. The van der Waals surface area contributed by atoms with Crippen LogP contribution in [0.15, 0.2) is 18.2 Å². The first-order valence-electron chi connectivity index (χ1n) is 4.16. The Morgan fingerprint density at radius 1 is 1.46 bits per heavy atom. The van der Waals surface area contributed by atoms with Crippen molar-refractivity contribution in [2.24, 2.45) is 5.73 Å². The molecule has 0 fully saturated rings. The molecule has 2 nitrogen and oxygen atoms in total. The summed E-state index contributed by atoms with van der Waals surface area (Å²) in [6.07, 6.45) is 0. The van der Waals surface area contributed by atoms with Crippen LogP contribution in [0.3, 0.4) is 0 Å². The third-order valence-corrected chi connectivity index (χ3v) is 2.24. The average Bonchev–Trinajstić information content (AvgIpc) is 2.09. The molecule has 0 aliphatic carbocycles. The lowest BCUT2D eigenvalue weighted by atomic mass is 9.85. The molecular weight excluding hydrogens is 169 g/mol. The Kier molecular flexibility index (Phi) is 2.57. The van der Waals surface area contributed by atoms with Gasteiger partial charge in [-0.3, -0.25) is 0 Å². The van der Waals surface area contributed by atoms with Crippen molar-refractivity contribution in [3.63, 3.8) is 0 Å². The van der Waals surface area contributed by atoms with E-state index in [0.717, 1.165) is 5.56 Å². The molecular formula is C10H14FNO. The van der Waals surface area contributed by atoms with Gasteiger partial charge in [0.05, 0.1) is 0 Å². The van der Waals surface area contributed by atoms with Gasteiger partial charge in [-0.25, -0.2) is 4.39 Å². The predicted molar refractivity (Wildman–Crippen MR) is 50.1 cm³/mol. The molecule has 0 amide bonds. The minimum absolute atomic E-state index is 0.255. The van der Waals surface area contributed by atoms with Crippen molar-refractivity contribution in [3.8, 4) is 5.75 Å². The summed E-state index contributed by atoms with van der Waals surface area (Å²) in [6.45, 7) is 4.30. The van der Waals surface area contributed by atoms with Crippen LogP contribution >= 0.6 is 0 Å². The summed E-state index contributed by atoms with van der Waals surface area (Å²) in [4.78, 5) is 0. The first-order chi connectivity index (χ1) is 5.97. The van der Waals surface area contributed by atoms with Crippen LogP contribution in [0.1, 0.15) is 19.4 Å². The zero-order valence-electron chi connectivity index (χ0n) is 7.84. The Hall–Kier alpha value is -1.09. The van der Waals surface area contributed by atoms with Gasteiger partial charge in [0.1, 0.15) is 0 Å². The van der Waals surface area contributed by atoms with Gasteiger partial charge >= 0.3 is 0 Å². The zero-order chi connectivity index (χ0) is 10.1. The molecule has 0 aliphatic rings. The van der Waals surface area contributed by atoms with Gasteiger partial charge in [0, 0.05) is 12.0 Å². The van der Waals surface area contributed by atoms with Gasteiger partial charge in [-0.1, -0.05) is 19.9 Å². The molecule has 0 aromatic heterocycles. The molecule has 0 unspecified atom stereocenters. The molecule has 0 bridgehead atoms. The van der Waals surface area contributed by atoms with Crippen LogP contribution in [-0.4, -0.2) is 11.7 Å². The lowest BCUT2D eigenvalue weighted by molar-refractivity contribution is 0.429. The summed E-state index contributed by atoms with van der Waals surface area (Å²) in [7, 11) is 0. The highest BCUT2D eigenvalue weighted by atomic mass is 19.1. The Balaban J connectivity index is 3.10. The first-order valence-corrected chi connectivity index (χ1v) is 4.16. The second-order valence-electron chi connectivity index (χ2n) is 3.75. The van der Waals surface area contributed by atoms with Gasteiger partial charge in [0.25, 0.3) is 0 Å². The Labute approximate surface area is 77.2 Å². The number of rotatable bonds is 2. The molecule has 1 aromatic carbocycles. The minimum Gasteiger partial charge on any atom is -0.505 e. The van der Waals surface area contributed by atoms with E-state index in [1.165, 1.54) is 12.1 Å². The molecule has 0 aliphatic heterocycles. The number of hydrogen-bond donors (Lipinski definition) is 2. The standard InChI is InChI=1S/C10H14FNO/c1-10(2,6-12)7-3-4-9(13)8(11)5-7/h3-5,13H,6,12H2,1-2H3. The molecule has 0 saturated heterocycles. The number of hydrogen-bond acceptors (Lipinski definition) is 2. The van der Waals surface area contributed by atoms with Crippen molar-refractivity contribution >= 4 is 0 Å². The molecule has 0 radical (unpaired) electrons. The van der Waals surface area contributed by atoms with Crippen LogP contribution in [0, 0.1) is 5.82 Å². The van der Waals surface area contributed by atoms with Gasteiger partial charge in [-0.2, -0.15) is 0 Å². The highest BCUT2D eigenvalue weighted by Crippen LogP contribution is 2.25. The molecule has 13 heavy (non-hydrogen) atoms. The maximum absolute atomic E-state index is 13.0. The minimum atomic E-state index is -0.598. The van der Waals surface area contributed by atoms with Crippen LogP contribution in [0.4, 0.5) is 4.39 Å². The Bertz CT molecular complexity index is 310. The molecule has 72 valence electrons. The van der Waals surface area contributed by atoms with E-state index >= 15 is 0 Å². The third-order valence-electron chi connectivity index (χ3n) is 2.24. The predicted octanol–water partition coefficient (Wildman–Crippen LogP) is 1.77. The summed E-state index contributed by atoms with van der Waals surface area (Å²) < 4.78 is 13.0. The lowest BCUT2D eigenvalue weighted by Gasteiger charge is -2.22. The van der Waals surface area contributed by atoms with Gasteiger partial charge in [-0.05, 0) is 17.7 Å². The molecule has 1 rings (SSSR count). The Morgan fingerprint density at radius 2 is 2.08 bits per heavy atom. The zero-order valence-corrected chi connectivity index (χ0v) is 7.84. The average molecular weight is 183 g/mol. The molecule has 3 heteroatoms. The van der Waals surface area contributed by atoms with E-state index in [2.05, 4.69) is 0 Å². The second-order valence-corrected chi connectivity index (χ2v) is 3.75. The number of benzene rings is 1. The van der Waals surface area contributed by atoms with Crippen LogP contribution < -0.4 is 5.73 Å². The molecule has 0 spiro atoms. The second kappa shape index (κ2) is 3.34. The number of phenolic OH excluding ortho intramolecular Hbond substituents is 1. The molecule has 1 aromatic rings. The van der Waals surface area contributed by atoms with E-state index in [-0.39, 0.29) is 11.2 Å². The highest BCUT2D eigenvalue weighted by molar-refractivity contribution is 5.32. The van der Waals surface area contributed by atoms with Crippen LogP contribution in [0.2, 0.25) is 0 Å². The van der Waals surface area contributed by atoms with Crippen molar-refractivity contribution in [2.45, 2.75) is 19.3 Å². The fraction of sp³-hybridized carbons (Fsp3) is 0.400. The van der Waals surface area contributed by atoms with E-state index in [4.69, 9.17) is 10.8 Å². The van der Waals surface area contributed by atoms with Crippen molar-refractivity contribution < 1.29 is 9.50 Å². The van der Waals surface area contributed by atoms with Crippen LogP contribution in [0.5, 0.6) is 5.75 Å². The number of phenols is 1. The normalized spacial score (nSPS) is 11.7. The summed E-state index contributed by atoms with van der Waals surface area (Å²) in [5.74, 6) is -0.921. The Morgan fingerprint density at radius 3 is 2.54 bits per heavy atom. The largest absolute Gasteiger partial charge is 0.505 e. The SMILES string of the molecule is CC(C)(CN)c1ccc(O)c(F)c1. The van der Waals surface area contributed by atoms with Crippen molar-refractivity contribution in [1.29, 1.82) is 0 Å². The first kappa shape index (κ1) is 9.99. The summed E-state index contributed by atoms with van der Waals surface area (Å²) in [5, 5.41) is 8.98. The fourth-order valence-corrected chi connectivity index (χ4v) is 1.05. The van der Waals surface area contributed by atoms with Gasteiger partial charge < -0.3 is 10.8 Å². The van der Waals surface area contributed by atoms with Gasteiger partial charge in [-0.15, -0.1) is 0 Å². The maximum Gasteiger partial charge on any atom is 0.165 e. The van der Waals surface area contributed by atoms with Crippen molar-refractivity contribution in [3.05, 3.63) is 29.6 Å². The lowest BCUT2D eigenvalue weighted by Crippen LogP contribution is -2.28. The van der Waals surface area contributed by atoms with E-state index < -0.39 is 5.82 Å². The highest BCUT2D eigenvalue weighted by Gasteiger charge is 2.19. The van der Waals surface area contributed by atoms with E-state index in [0.29, 0.717) is 6.54 Å². The van der Waals surface area contributed by atoms with Crippen LogP contribution in [-0.2, 0) is 5.41 Å². The van der Waals surface area contributed by atoms with Crippen molar-refractivity contribution in [1.82, 2.24) is 0 Å². The molecule has 0 atom stereocenters. The molecule has 0 heterocycles. The van der Waals surface area contributed by atoms with E-state index in [1.807, 2.05) is 13.8 Å². The maximum atomic E-state index is 13.0. The smallest absolute Gasteiger partial charge is 0.165 e. The monoisotopic (exact) mass is 183 g/mol. The number of halogens is 1. The summed E-state index contributed by atoms with van der Waals surface area (Å²) in [5.41, 5.74) is 6.08. The fourth-order valence-electron chi connectivity index (χ4n) is 1.05. The number of aromatic hydroxyl groups is 1. The molecule has 3 N–H and O–H groups in total. The van der Waals surface area contributed by atoms with Gasteiger partial charge in [0.2, 0.25) is 0 Å². The van der Waals surface area contributed by atoms with Gasteiger partial charge in [0.15, 0.2) is 11.6 Å². The quantitative estimate of drug-likeness (QED) is 0.734.